The van der Waals surface area contributed by atoms with Crippen molar-refractivity contribution in [1.82, 2.24) is 9.03 Å². The molecule has 1 unspecified atom stereocenters. The molecule has 2 aliphatic heterocycles. The zero-order valence-corrected chi connectivity index (χ0v) is 12.5. The summed E-state index contributed by atoms with van der Waals surface area (Å²) in [6, 6.07) is 0. The Labute approximate surface area is 119 Å². The maximum atomic E-state index is 12.4. The minimum absolute atomic E-state index is 0.158. The Morgan fingerprint density at radius 2 is 2.05 bits per heavy atom. The molecule has 0 amide bonds. The van der Waals surface area contributed by atoms with E-state index in [0.29, 0.717) is 19.0 Å². The van der Waals surface area contributed by atoms with Gasteiger partial charge in [0, 0.05) is 39.1 Å². The number of aliphatic carboxylic acids is 1. The summed E-state index contributed by atoms with van der Waals surface area (Å²) in [5.41, 5.74) is -1.43. The van der Waals surface area contributed by atoms with Crippen LogP contribution in [0.15, 0.2) is 0 Å². The van der Waals surface area contributed by atoms with Crippen molar-refractivity contribution in [3.63, 3.8) is 0 Å². The molecule has 1 atom stereocenters. The molecule has 7 nitrogen and oxygen atoms in total. The van der Waals surface area contributed by atoms with Gasteiger partial charge >= 0.3 is 5.97 Å². The summed E-state index contributed by atoms with van der Waals surface area (Å²) in [5.74, 6) is -0.828. The zero-order chi connectivity index (χ0) is 14.8. The predicted octanol–water partition coefficient (Wildman–Crippen LogP) is 0.187. The van der Waals surface area contributed by atoms with Crippen LogP contribution in [0, 0.1) is 5.92 Å². The number of carboxylic acid groups (broad SMARTS) is 1. The summed E-state index contributed by atoms with van der Waals surface area (Å²) < 4.78 is 33.8. The zero-order valence-electron chi connectivity index (χ0n) is 11.7. The first-order chi connectivity index (χ1) is 9.36. The highest BCUT2D eigenvalue weighted by Gasteiger charge is 2.45. The Bertz CT molecular complexity index is 458. The number of carbonyl (C=O) groups is 1. The molecule has 2 N–H and O–H groups in total. The fourth-order valence-electron chi connectivity index (χ4n) is 2.76. The van der Waals surface area contributed by atoms with E-state index in [9.17, 15) is 18.3 Å². The molecule has 8 heteroatoms. The molecule has 0 aliphatic carbocycles. The molecule has 2 saturated heterocycles. The lowest BCUT2D eigenvalue weighted by Gasteiger charge is -2.37. The van der Waals surface area contributed by atoms with Crippen LogP contribution in [0.25, 0.3) is 0 Å². The van der Waals surface area contributed by atoms with E-state index >= 15 is 0 Å². The van der Waals surface area contributed by atoms with Gasteiger partial charge in [-0.25, -0.2) is 0 Å². The van der Waals surface area contributed by atoms with Crippen molar-refractivity contribution in [2.75, 3.05) is 26.3 Å². The summed E-state index contributed by atoms with van der Waals surface area (Å²) in [7, 11) is -3.77. The number of hydrogen-bond acceptors (Lipinski definition) is 4. The molecular weight excluding hydrogens is 284 g/mol. The van der Waals surface area contributed by atoms with Crippen molar-refractivity contribution in [2.45, 2.75) is 38.1 Å². The molecule has 0 aromatic rings. The maximum absolute atomic E-state index is 12.4. The second-order valence-corrected chi connectivity index (χ2v) is 7.38. The number of rotatable bonds is 4. The van der Waals surface area contributed by atoms with Crippen molar-refractivity contribution in [3.05, 3.63) is 0 Å². The Kier molecular flexibility index (Phi) is 4.68. The molecule has 0 saturated carbocycles. The Balaban J connectivity index is 2.14. The summed E-state index contributed by atoms with van der Waals surface area (Å²) in [6.07, 6.45) is 2.13. The van der Waals surface area contributed by atoms with Gasteiger partial charge in [-0.3, -0.25) is 4.79 Å². The normalized spacial score (nSPS) is 28.1. The number of hydrogen-bond donors (Lipinski definition) is 2. The molecule has 0 aromatic carbocycles. The van der Waals surface area contributed by atoms with E-state index in [1.54, 1.807) is 0 Å². The van der Waals surface area contributed by atoms with Gasteiger partial charge in [0.2, 0.25) is 0 Å². The highest BCUT2D eigenvalue weighted by Crippen LogP contribution is 2.25. The molecule has 0 bridgehead atoms. The van der Waals surface area contributed by atoms with Gasteiger partial charge in [0.25, 0.3) is 10.2 Å². The molecule has 2 heterocycles. The predicted molar refractivity (Wildman–Crippen MR) is 72.4 cm³/mol. The van der Waals surface area contributed by atoms with Gasteiger partial charge in [-0.1, -0.05) is 6.92 Å². The topological polar surface area (TPSA) is 95.9 Å². The lowest BCUT2D eigenvalue weighted by molar-refractivity contribution is -0.148. The molecule has 2 aliphatic rings. The number of carboxylic acids is 1. The Hall–Kier alpha value is -0.700. The van der Waals surface area contributed by atoms with E-state index in [1.807, 2.05) is 6.92 Å². The van der Waals surface area contributed by atoms with Crippen LogP contribution in [-0.2, 0) is 19.7 Å². The van der Waals surface area contributed by atoms with E-state index in [4.69, 9.17) is 4.74 Å². The fourth-order valence-corrected chi connectivity index (χ4v) is 4.49. The first-order valence-electron chi connectivity index (χ1n) is 6.96. The van der Waals surface area contributed by atoms with E-state index in [0.717, 1.165) is 12.8 Å². The van der Waals surface area contributed by atoms with Gasteiger partial charge in [-0.2, -0.15) is 17.4 Å². The van der Waals surface area contributed by atoms with Gasteiger partial charge in [-0.15, -0.1) is 0 Å². The monoisotopic (exact) mass is 306 g/mol. The number of nitrogens with zero attached hydrogens (tertiary/aromatic N) is 1. The van der Waals surface area contributed by atoms with Crippen LogP contribution in [-0.4, -0.2) is 55.6 Å². The van der Waals surface area contributed by atoms with Crippen LogP contribution >= 0.6 is 0 Å². The molecule has 0 aromatic heterocycles. The standard InChI is InChI=1S/C12H22N2O5S/c1-10-3-2-6-14(9-10)20(17,18)13-12(11(15)16)4-7-19-8-5-12/h10,13H,2-9H2,1H3,(H,15,16). The highest BCUT2D eigenvalue weighted by molar-refractivity contribution is 7.87. The van der Waals surface area contributed by atoms with Gasteiger partial charge < -0.3 is 9.84 Å². The van der Waals surface area contributed by atoms with Gasteiger partial charge in [0.15, 0.2) is 0 Å². The molecular formula is C12H22N2O5S. The summed E-state index contributed by atoms with van der Waals surface area (Å²) in [4.78, 5) is 11.5. The van der Waals surface area contributed by atoms with E-state index < -0.39 is 21.7 Å². The highest BCUT2D eigenvalue weighted by atomic mass is 32.2. The minimum Gasteiger partial charge on any atom is -0.480 e. The SMILES string of the molecule is CC1CCCN(S(=O)(=O)NC2(C(=O)O)CCOCC2)C1. The van der Waals surface area contributed by atoms with Crippen LogP contribution in [0.5, 0.6) is 0 Å². The molecule has 2 fully saturated rings. The fraction of sp³-hybridized carbons (Fsp3) is 0.917. The van der Waals surface area contributed by atoms with Crippen molar-refractivity contribution in [1.29, 1.82) is 0 Å². The average molecular weight is 306 g/mol. The second kappa shape index (κ2) is 5.97. The third-order valence-corrected chi connectivity index (χ3v) is 5.70. The summed E-state index contributed by atoms with van der Waals surface area (Å²) in [5, 5.41) is 9.40. The molecule has 20 heavy (non-hydrogen) atoms. The Morgan fingerprint density at radius 3 is 2.60 bits per heavy atom. The van der Waals surface area contributed by atoms with Crippen molar-refractivity contribution in [2.24, 2.45) is 5.92 Å². The smallest absolute Gasteiger partial charge is 0.325 e. The first-order valence-corrected chi connectivity index (χ1v) is 8.40. The lowest BCUT2D eigenvalue weighted by Crippen LogP contribution is -2.61. The van der Waals surface area contributed by atoms with Crippen LogP contribution in [0.4, 0.5) is 0 Å². The van der Waals surface area contributed by atoms with Crippen LogP contribution in [0.1, 0.15) is 32.6 Å². The lowest BCUT2D eigenvalue weighted by atomic mass is 9.92. The molecule has 116 valence electrons. The number of piperidine rings is 1. The summed E-state index contributed by atoms with van der Waals surface area (Å²) >= 11 is 0. The Morgan fingerprint density at radius 1 is 1.40 bits per heavy atom. The quantitative estimate of drug-likeness (QED) is 0.773. The van der Waals surface area contributed by atoms with Crippen LogP contribution in [0.3, 0.4) is 0 Å². The number of nitrogens with one attached hydrogen (secondary N) is 1. The molecule has 2 rings (SSSR count). The van der Waals surface area contributed by atoms with Gasteiger partial charge in [0.1, 0.15) is 5.54 Å². The molecule has 0 spiro atoms. The maximum Gasteiger partial charge on any atom is 0.325 e. The van der Waals surface area contributed by atoms with Crippen molar-refractivity contribution < 1.29 is 23.1 Å². The van der Waals surface area contributed by atoms with Gasteiger partial charge in [-0.05, 0) is 18.8 Å². The molecule has 0 radical (unpaired) electrons. The van der Waals surface area contributed by atoms with E-state index in [1.165, 1.54) is 4.31 Å². The second-order valence-electron chi connectivity index (χ2n) is 5.71. The third kappa shape index (κ3) is 3.30. The van der Waals surface area contributed by atoms with Crippen LogP contribution in [0.2, 0.25) is 0 Å². The largest absolute Gasteiger partial charge is 0.480 e. The minimum atomic E-state index is -3.77. The first kappa shape index (κ1) is 15.7. The van der Waals surface area contributed by atoms with Gasteiger partial charge in [0.05, 0.1) is 0 Å². The average Bonchev–Trinajstić information content (AvgIpc) is 2.39. The summed E-state index contributed by atoms with van der Waals surface area (Å²) in [6.45, 7) is 3.41. The third-order valence-electron chi connectivity index (χ3n) is 4.04. The van der Waals surface area contributed by atoms with E-state index in [-0.39, 0.29) is 26.1 Å². The van der Waals surface area contributed by atoms with E-state index in [2.05, 4.69) is 4.72 Å². The van der Waals surface area contributed by atoms with Crippen molar-refractivity contribution in [3.8, 4) is 0 Å². The van der Waals surface area contributed by atoms with Crippen molar-refractivity contribution >= 4 is 16.2 Å². The van der Waals surface area contributed by atoms with Crippen LogP contribution < -0.4 is 4.72 Å². The number of ether oxygens (including phenoxy) is 1.